The third kappa shape index (κ3) is 12.5. The van der Waals surface area contributed by atoms with Gasteiger partial charge in [0.15, 0.2) is 0 Å². The van der Waals surface area contributed by atoms with E-state index in [1.807, 2.05) is 118 Å². The Balaban J connectivity index is 1.56. The first-order chi connectivity index (χ1) is 24.5. The molecule has 0 radical (unpaired) electrons. The van der Waals surface area contributed by atoms with Crippen LogP contribution in [0, 0.1) is 5.92 Å². The van der Waals surface area contributed by atoms with Gasteiger partial charge in [0.05, 0.1) is 18.6 Å². The van der Waals surface area contributed by atoms with Gasteiger partial charge in [0, 0.05) is 23.8 Å². The monoisotopic (exact) mass is 714 g/mol. The quantitative estimate of drug-likeness (QED) is 0.0900. The van der Waals surface area contributed by atoms with Crippen LogP contribution in [-0.4, -0.2) is 59.2 Å². The second-order valence-corrected chi connectivity index (χ2v) is 14.4. The molecule has 5 atom stereocenters. The second-order valence-electron chi connectivity index (χ2n) is 13.3. The highest BCUT2D eigenvalue weighted by Crippen LogP contribution is 2.21. The summed E-state index contributed by atoms with van der Waals surface area (Å²) in [5.41, 5.74) is 1.64. The zero-order valence-electron chi connectivity index (χ0n) is 29.8. The van der Waals surface area contributed by atoms with E-state index in [0.717, 1.165) is 33.2 Å². The average molecular weight is 715 g/mol. The number of nitrogens with one attached hydrogen (secondary N) is 4. The zero-order chi connectivity index (χ0) is 36.8. The molecule has 0 aliphatic carbocycles. The van der Waals surface area contributed by atoms with Crippen molar-refractivity contribution < 1.29 is 29.0 Å². The van der Waals surface area contributed by atoms with Gasteiger partial charge in [0.25, 0.3) is 0 Å². The number of hydrogen-bond donors (Lipinski definition) is 5. The Labute approximate surface area is 304 Å². The summed E-state index contributed by atoms with van der Waals surface area (Å²) in [6, 6.07) is 23.7. The van der Waals surface area contributed by atoms with Gasteiger partial charge in [-0.05, 0) is 59.0 Å². The van der Waals surface area contributed by atoms with Gasteiger partial charge in [0.1, 0.15) is 18.7 Å². The maximum atomic E-state index is 14.2. The number of aliphatic hydroxyl groups is 1. The fourth-order valence-electron chi connectivity index (χ4n) is 5.79. The van der Waals surface area contributed by atoms with Crippen LogP contribution in [0.4, 0.5) is 4.79 Å². The van der Waals surface area contributed by atoms with E-state index in [-0.39, 0.29) is 43.7 Å². The van der Waals surface area contributed by atoms with Gasteiger partial charge in [-0.2, -0.15) is 0 Å². The predicted octanol–water partition coefficient (Wildman–Crippen LogP) is 5.66. The van der Waals surface area contributed by atoms with Crippen molar-refractivity contribution in [2.24, 2.45) is 5.92 Å². The lowest BCUT2D eigenvalue weighted by Crippen LogP contribution is -2.57. The van der Waals surface area contributed by atoms with Crippen molar-refractivity contribution >= 4 is 45.9 Å². The molecule has 0 aliphatic heterocycles. The van der Waals surface area contributed by atoms with Gasteiger partial charge in [0.2, 0.25) is 17.7 Å². The first-order valence-corrected chi connectivity index (χ1v) is 18.4. The van der Waals surface area contributed by atoms with Gasteiger partial charge < -0.3 is 31.1 Å². The van der Waals surface area contributed by atoms with Crippen LogP contribution in [0.3, 0.4) is 0 Å². The number of carbonyl (C=O) groups excluding carboxylic acids is 4. The number of ether oxygens (including phenoxy) is 1. The minimum absolute atomic E-state index is 0.0215. The highest BCUT2D eigenvalue weighted by molar-refractivity contribution is 7.09. The Morgan fingerprint density at radius 2 is 1.45 bits per heavy atom. The Hall–Kier alpha value is -4.74. The van der Waals surface area contributed by atoms with Crippen molar-refractivity contribution in [2.75, 3.05) is 0 Å². The number of aliphatic hydroxyl groups excluding tert-OH is 1. The number of thiophene rings is 1. The molecule has 4 aromatic rings. The number of fused-ring (bicyclic) bond motifs is 1. The summed E-state index contributed by atoms with van der Waals surface area (Å²) < 4.78 is 5.48. The van der Waals surface area contributed by atoms with Crippen LogP contribution < -0.4 is 21.3 Å². The summed E-state index contributed by atoms with van der Waals surface area (Å²) >= 11 is 1.45. The first-order valence-electron chi connectivity index (χ1n) is 17.6. The molecule has 0 saturated carbocycles. The van der Waals surface area contributed by atoms with Crippen molar-refractivity contribution in [1.29, 1.82) is 0 Å². The summed E-state index contributed by atoms with van der Waals surface area (Å²) in [6.45, 7) is 7.81. The van der Waals surface area contributed by atoms with Gasteiger partial charge in [-0.25, -0.2) is 4.79 Å². The molecule has 11 heteroatoms. The van der Waals surface area contributed by atoms with Crippen molar-refractivity contribution in [2.45, 2.75) is 96.7 Å². The lowest BCUT2D eigenvalue weighted by Gasteiger charge is -2.29. The SMILES string of the molecule is CCC(C)NC(=O)C[C@H](O)[C@H](CC(C)C)NC(=O)C(Cc1cccs1)NC(=O)[C@H](Cc1cccc2ccccc12)NC(=O)OCc1ccccc1. The molecule has 3 aromatic carbocycles. The van der Waals surface area contributed by atoms with Crippen LogP contribution in [0.2, 0.25) is 0 Å². The molecule has 1 heterocycles. The van der Waals surface area contributed by atoms with Crippen LogP contribution in [0.5, 0.6) is 0 Å². The summed E-state index contributed by atoms with van der Waals surface area (Å²) in [4.78, 5) is 54.8. The lowest BCUT2D eigenvalue weighted by molar-refractivity contribution is -0.131. The highest BCUT2D eigenvalue weighted by Gasteiger charge is 2.32. The number of rotatable bonds is 18. The zero-order valence-corrected chi connectivity index (χ0v) is 30.6. The molecule has 0 aliphatic rings. The van der Waals surface area contributed by atoms with E-state index in [1.165, 1.54) is 11.3 Å². The number of carbonyl (C=O) groups is 4. The van der Waals surface area contributed by atoms with Crippen molar-refractivity contribution in [3.63, 3.8) is 0 Å². The van der Waals surface area contributed by atoms with E-state index in [9.17, 15) is 24.3 Å². The summed E-state index contributed by atoms with van der Waals surface area (Å²) in [5, 5.41) is 26.4. The fraction of sp³-hybridized carbons (Fsp3) is 0.400. The fourth-order valence-corrected chi connectivity index (χ4v) is 6.54. The van der Waals surface area contributed by atoms with Crippen molar-refractivity contribution in [1.82, 2.24) is 21.3 Å². The molecule has 2 unspecified atom stereocenters. The van der Waals surface area contributed by atoms with Gasteiger partial charge in [-0.1, -0.05) is 99.6 Å². The third-order valence-electron chi connectivity index (χ3n) is 8.68. The van der Waals surface area contributed by atoms with E-state index < -0.39 is 42.1 Å². The summed E-state index contributed by atoms with van der Waals surface area (Å²) in [6.07, 6.45) is -0.588. The first kappa shape index (κ1) is 39.1. The average Bonchev–Trinajstić information content (AvgIpc) is 3.63. The third-order valence-corrected chi connectivity index (χ3v) is 9.57. The van der Waals surface area contributed by atoms with Crippen molar-refractivity contribution in [3.8, 4) is 0 Å². The Bertz CT molecular complexity index is 1710. The second kappa shape index (κ2) is 19.6. The topological polar surface area (TPSA) is 146 Å². The molecule has 4 amide bonds. The van der Waals surface area contributed by atoms with Crippen LogP contribution >= 0.6 is 11.3 Å². The molecule has 51 heavy (non-hydrogen) atoms. The molecule has 4 rings (SSSR count). The normalized spacial score (nSPS) is 14.2. The largest absolute Gasteiger partial charge is 0.445 e. The number of hydrogen-bond acceptors (Lipinski definition) is 7. The summed E-state index contributed by atoms with van der Waals surface area (Å²) in [7, 11) is 0. The van der Waals surface area contributed by atoms with Crippen LogP contribution in [0.25, 0.3) is 10.8 Å². The lowest BCUT2D eigenvalue weighted by atomic mass is 9.96. The van der Waals surface area contributed by atoms with Gasteiger partial charge in [-0.15, -0.1) is 11.3 Å². The molecule has 0 bridgehead atoms. The van der Waals surface area contributed by atoms with E-state index in [4.69, 9.17) is 4.74 Å². The highest BCUT2D eigenvalue weighted by atomic mass is 32.1. The maximum Gasteiger partial charge on any atom is 0.408 e. The van der Waals surface area contributed by atoms with E-state index in [0.29, 0.717) is 6.42 Å². The van der Waals surface area contributed by atoms with Crippen molar-refractivity contribution in [3.05, 3.63) is 106 Å². The van der Waals surface area contributed by atoms with E-state index >= 15 is 0 Å². The van der Waals surface area contributed by atoms with E-state index in [1.54, 1.807) is 0 Å². The predicted molar refractivity (Wildman–Crippen MR) is 201 cm³/mol. The molecule has 1 aromatic heterocycles. The summed E-state index contributed by atoms with van der Waals surface area (Å²) in [5.74, 6) is -1.27. The van der Waals surface area contributed by atoms with Crippen LogP contribution in [0.15, 0.2) is 90.3 Å². The minimum Gasteiger partial charge on any atom is -0.445 e. The van der Waals surface area contributed by atoms with Gasteiger partial charge >= 0.3 is 6.09 Å². The smallest absolute Gasteiger partial charge is 0.408 e. The Kier molecular flexibility index (Phi) is 15.0. The molecular formula is C40H50N4O6S. The molecule has 0 saturated heterocycles. The maximum absolute atomic E-state index is 14.2. The molecule has 0 fully saturated rings. The minimum atomic E-state index is -1.14. The molecule has 5 N–H and O–H groups in total. The Morgan fingerprint density at radius 1 is 0.765 bits per heavy atom. The standard InChI is InChI=1S/C40H50N4O6S/c1-5-27(4)41-37(46)24-36(45)33(21-26(2)3)42-39(48)35(23-31-18-12-20-51-31)43-38(47)34(44-40(49)50-25-28-13-7-6-8-14-28)22-30-17-11-16-29-15-9-10-19-32(29)30/h6-20,26-27,33-36,45H,5,21-25H2,1-4H3,(H,41,46)(H,42,48)(H,43,47)(H,44,49)/t27?,33-,34-,35?,36-/m0/s1. The molecule has 0 spiro atoms. The molecular weight excluding hydrogens is 665 g/mol. The van der Waals surface area contributed by atoms with Crippen LogP contribution in [-0.2, 0) is 38.6 Å². The van der Waals surface area contributed by atoms with Gasteiger partial charge in [-0.3, -0.25) is 14.4 Å². The van der Waals surface area contributed by atoms with E-state index in [2.05, 4.69) is 21.3 Å². The number of benzene rings is 3. The molecule has 10 nitrogen and oxygen atoms in total. The number of amides is 4. The Morgan fingerprint density at radius 3 is 2.16 bits per heavy atom. The van der Waals surface area contributed by atoms with Crippen LogP contribution in [0.1, 0.15) is 63.0 Å². The molecule has 272 valence electrons. The number of alkyl carbamates (subject to hydrolysis) is 1.